The zero-order valence-corrected chi connectivity index (χ0v) is 22.1. The summed E-state index contributed by atoms with van der Waals surface area (Å²) in [5.41, 5.74) is 10.7. The number of primary amides is 1. The van der Waals surface area contributed by atoms with Crippen LogP contribution >= 0.6 is 0 Å². The van der Waals surface area contributed by atoms with Crippen molar-refractivity contribution in [1.29, 1.82) is 0 Å². The van der Waals surface area contributed by atoms with Crippen LogP contribution in [0.15, 0.2) is 0 Å². The highest BCUT2D eigenvalue weighted by Gasteiger charge is 2.42. The maximum absolute atomic E-state index is 12.5. The molecule has 0 saturated carbocycles. The van der Waals surface area contributed by atoms with Gasteiger partial charge in [-0.1, -0.05) is 20.3 Å². The predicted octanol–water partition coefficient (Wildman–Crippen LogP) is -4.65. The number of rotatable bonds is 16. The Morgan fingerprint density at radius 1 is 0.902 bits per heavy atom. The fourth-order valence-electron chi connectivity index (χ4n) is 2.80. The van der Waals surface area contributed by atoms with Crippen molar-refractivity contribution in [3.8, 4) is 0 Å². The Kier molecular flexibility index (Phi) is 14.7. The number of aliphatic hydroxyl groups excluding tert-OH is 2. The minimum absolute atomic E-state index is 0.282. The Balaban J connectivity index is 5.46. The van der Waals surface area contributed by atoms with E-state index in [1.807, 2.05) is 5.32 Å². The molecular weight excluding hydrogens is 569 g/mol. The fourth-order valence-corrected chi connectivity index (χ4v) is 2.80. The molecule has 0 heterocycles. The molecule has 11 N–H and O–H groups in total. The van der Waals surface area contributed by atoms with Crippen LogP contribution in [0.4, 0.5) is 13.2 Å². The quantitative estimate of drug-likeness (QED) is 0.0754. The van der Waals surface area contributed by atoms with E-state index in [4.69, 9.17) is 16.6 Å². The molecule has 0 aliphatic rings. The number of aliphatic hydroxyl groups is 2. The van der Waals surface area contributed by atoms with Gasteiger partial charge in [0.25, 0.3) is 0 Å². The molecule has 17 nitrogen and oxygen atoms in total. The number of esters is 1. The first-order valence-electron chi connectivity index (χ1n) is 11.8. The molecule has 41 heavy (non-hydrogen) atoms. The van der Waals surface area contributed by atoms with Gasteiger partial charge >= 0.3 is 18.1 Å². The van der Waals surface area contributed by atoms with E-state index in [1.165, 1.54) is 0 Å². The van der Waals surface area contributed by atoms with Gasteiger partial charge in [0, 0.05) is 0 Å². The minimum Gasteiger partial charge on any atom is -0.480 e. The summed E-state index contributed by atoms with van der Waals surface area (Å²) in [5.74, 6) is -11.5. The zero-order valence-electron chi connectivity index (χ0n) is 22.1. The first kappa shape index (κ1) is 37.0. The van der Waals surface area contributed by atoms with E-state index in [2.05, 4.69) is 10.1 Å². The Bertz CT molecular complexity index is 995. The monoisotopic (exact) mass is 602 g/mol. The molecule has 0 aromatic rings. The second-order valence-corrected chi connectivity index (χ2v) is 8.74. The Morgan fingerprint density at radius 3 is 1.90 bits per heavy atom. The minimum atomic E-state index is -5.48. The van der Waals surface area contributed by atoms with Gasteiger partial charge in [-0.3, -0.25) is 24.0 Å². The van der Waals surface area contributed by atoms with Gasteiger partial charge in [-0.2, -0.15) is 13.2 Å². The smallest absolute Gasteiger partial charge is 0.480 e. The maximum atomic E-state index is 12.5. The summed E-state index contributed by atoms with van der Waals surface area (Å²) in [6.45, 7) is 2.06. The fraction of sp³-hybridized carbons (Fsp3) is 0.667. The summed E-state index contributed by atoms with van der Waals surface area (Å²) in [5, 5.41) is 36.5. The van der Waals surface area contributed by atoms with Gasteiger partial charge in [0.15, 0.2) is 12.1 Å². The lowest BCUT2D eigenvalue weighted by molar-refractivity contribution is -0.200. The number of carboxylic acid groups (broad SMARTS) is 1. The lowest BCUT2D eigenvalue weighted by atomic mass is 9.99. The number of alkyl halides is 3. The maximum Gasteiger partial charge on any atom is 0.490 e. The second kappa shape index (κ2) is 16.3. The summed E-state index contributed by atoms with van der Waals surface area (Å²) in [4.78, 5) is 83.1. The summed E-state index contributed by atoms with van der Waals surface area (Å²) >= 11 is 0. The molecule has 0 saturated heterocycles. The number of aliphatic carboxylic acids is 1. The summed E-state index contributed by atoms with van der Waals surface area (Å²) < 4.78 is 40.6. The van der Waals surface area contributed by atoms with Crippen LogP contribution in [0, 0.1) is 5.92 Å². The predicted molar refractivity (Wildman–Crippen MR) is 128 cm³/mol. The summed E-state index contributed by atoms with van der Waals surface area (Å²) in [6, 6.07) is -7.28. The molecule has 7 atom stereocenters. The molecule has 0 aromatic carbocycles. The van der Waals surface area contributed by atoms with Gasteiger partial charge in [0.1, 0.15) is 18.7 Å². The van der Waals surface area contributed by atoms with E-state index < -0.39 is 97.2 Å². The molecule has 0 aliphatic heterocycles. The lowest BCUT2D eigenvalue weighted by Gasteiger charge is -2.25. The summed E-state index contributed by atoms with van der Waals surface area (Å²) in [7, 11) is 0. The van der Waals surface area contributed by atoms with Crippen molar-refractivity contribution < 1.29 is 66.8 Å². The number of halogens is 3. The van der Waals surface area contributed by atoms with Crippen LogP contribution in [0.25, 0.3) is 0 Å². The van der Waals surface area contributed by atoms with Crippen LogP contribution in [0.2, 0.25) is 0 Å². The first-order valence-corrected chi connectivity index (χ1v) is 11.8. The third-order valence-electron chi connectivity index (χ3n) is 5.48. The number of amides is 5. The van der Waals surface area contributed by atoms with Crippen LogP contribution < -0.4 is 32.7 Å². The highest BCUT2D eigenvalue weighted by molar-refractivity contribution is 5.97. The molecule has 0 rings (SSSR count). The van der Waals surface area contributed by atoms with Gasteiger partial charge in [0.05, 0.1) is 18.7 Å². The van der Waals surface area contributed by atoms with Gasteiger partial charge < -0.3 is 52.8 Å². The second-order valence-electron chi connectivity index (χ2n) is 8.74. The van der Waals surface area contributed by atoms with E-state index in [-0.39, 0.29) is 5.92 Å². The molecule has 0 aliphatic carbocycles. The van der Waals surface area contributed by atoms with Gasteiger partial charge in [-0.05, 0) is 12.8 Å². The van der Waals surface area contributed by atoms with Gasteiger partial charge in [0.2, 0.25) is 29.5 Å². The number of carboxylic acids is 1. The molecule has 0 spiro atoms. The average Bonchev–Trinajstić information content (AvgIpc) is 2.88. The molecule has 0 radical (unpaired) electrons. The highest BCUT2D eigenvalue weighted by atomic mass is 19.4. The van der Waals surface area contributed by atoms with Gasteiger partial charge in [-0.15, -0.1) is 0 Å². The zero-order chi connectivity index (χ0) is 32.2. The molecular formula is C21H33F3N6O11. The number of ether oxygens (including phenoxy) is 1. The van der Waals surface area contributed by atoms with Crippen LogP contribution in [-0.2, 0) is 38.3 Å². The number of hydrogen-bond donors (Lipinski definition) is 9. The van der Waals surface area contributed by atoms with Crippen LogP contribution in [0.1, 0.15) is 27.2 Å². The molecule has 0 bridgehead atoms. The van der Waals surface area contributed by atoms with E-state index in [0.29, 0.717) is 6.42 Å². The molecule has 234 valence electrons. The van der Waals surface area contributed by atoms with Crippen molar-refractivity contribution in [3.63, 3.8) is 0 Å². The molecule has 5 amide bonds. The van der Waals surface area contributed by atoms with Crippen LogP contribution in [0.5, 0.6) is 0 Å². The van der Waals surface area contributed by atoms with E-state index >= 15 is 0 Å². The van der Waals surface area contributed by atoms with Crippen molar-refractivity contribution in [2.24, 2.45) is 17.4 Å². The lowest BCUT2D eigenvalue weighted by Crippen LogP contribution is -2.61. The van der Waals surface area contributed by atoms with Crippen molar-refractivity contribution >= 4 is 41.5 Å². The number of carbonyl (C=O) groups is 7. The van der Waals surface area contributed by atoms with E-state index in [1.54, 1.807) is 24.5 Å². The molecule has 20 heteroatoms. The summed E-state index contributed by atoms with van der Waals surface area (Å²) in [6.07, 6.45) is -8.93. The Hall–Kier alpha value is -4.04. The van der Waals surface area contributed by atoms with E-state index in [0.717, 1.165) is 6.92 Å². The van der Waals surface area contributed by atoms with Crippen molar-refractivity contribution in [1.82, 2.24) is 21.3 Å². The molecule has 1 unspecified atom stereocenters. The van der Waals surface area contributed by atoms with E-state index in [9.17, 15) is 56.9 Å². The Labute approximate surface area is 230 Å². The third-order valence-corrected chi connectivity index (χ3v) is 5.48. The SMILES string of the molecule is CC[C@H](C)[C@H](N)C(=O)N[C@H](C(=O)NCC(=O)NC(C(=O)N[C@@H](COC(=O)C(F)(F)F)C(=O)O)[C@H](O)C(N)=O)[C@H](C)O. The Morgan fingerprint density at radius 2 is 1.46 bits per heavy atom. The van der Waals surface area contributed by atoms with Gasteiger partial charge in [-0.25, -0.2) is 9.59 Å². The molecule has 0 fully saturated rings. The largest absolute Gasteiger partial charge is 0.490 e. The first-order chi connectivity index (χ1) is 18.7. The number of nitrogens with two attached hydrogens (primary N) is 2. The number of nitrogens with one attached hydrogen (secondary N) is 4. The average molecular weight is 603 g/mol. The topological polar surface area (TPSA) is 290 Å². The van der Waals surface area contributed by atoms with Crippen LogP contribution in [-0.4, -0.2) is 112 Å². The van der Waals surface area contributed by atoms with Crippen molar-refractivity contribution in [2.75, 3.05) is 13.2 Å². The standard InChI is InChI=1S/C21H33F3N6O11/c1-4-7(2)11(25)16(35)30-12(8(3)31)17(36)27-5-10(32)29-13(14(33)15(26)34)18(37)28-9(19(38)39)6-41-20(40)21(22,23)24/h7-9,11-14,31,33H,4-6,25H2,1-3H3,(H2,26,34)(H,27,36)(H,28,37)(H,29,32)(H,30,35)(H,38,39)/t7-,8-,9-,11-,12-,13?,14-/m0/s1. The third kappa shape index (κ3) is 12.3. The van der Waals surface area contributed by atoms with Crippen molar-refractivity contribution in [2.45, 2.75) is 69.7 Å². The number of carbonyl (C=O) groups excluding carboxylic acids is 6. The number of hydrogen-bond acceptors (Lipinski definition) is 11. The normalized spacial score (nSPS) is 16.4. The molecule has 0 aromatic heterocycles. The van der Waals surface area contributed by atoms with Crippen LogP contribution in [0.3, 0.4) is 0 Å². The van der Waals surface area contributed by atoms with Crippen molar-refractivity contribution in [3.05, 3.63) is 0 Å². The highest BCUT2D eigenvalue weighted by Crippen LogP contribution is 2.16.